The fraction of sp³-hybridized carbons (Fsp3) is 0.600. The molecule has 0 aromatic heterocycles. The number of likely N-dealkylation sites (N-methyl/N-ethyl adjacent to an activating group) is 1. The Morgan fingerprint density at radius 1 is 1.53 bits per heavy atom. The van der Waals surface area contributed by atoms with Crippen molar-refractivity contribution in [3.05, 3.63) is 28.2 Å². The first-order chi connectivity index (χ1) is 9.17. The molecule has 1 saturated heterocycles. The lowest BCUT2D eigenvalue weighted by Crippen LogP contribution is -2.32. The minimum absolute atomic E-state index is 0.211. The Labute approximate surface area is 123 Å². The highest BCUT2D eigenvalue weighted by atomic mass is 79.9. The van der Waals surface area contributed by atoms with Crippen LogP contribution in [0.25, 0.3) is 0 Å². The van der Waals surface area contributed by atoms with E-state index in [1.54, 1.807) is 0 Å². The summed E-state index contributed by atoms with van der Waals surface area (Å²) in [5, 5.41) is 3.39. The summed E-state index contributed by atoms with van der Waals surface area (Å²) >= 11 is 3.65. The summed E-state index contributed by atoms with van der Waals surface area (Å²) in [5.41, 5.74) is 1.23. The van der Waals surface area contributed by atoms with Crippen LogP contribution in [0.15, 0.2) is 22.7 Å². The van der Waals surface area contributed by atoms with Crippen molar-refractivity contribution in [2.24, 2.45) is 5.92 Å². The quantitative estimate of drug-likeness (QED) is 0.897. The van der Waals surface area contributed by atoms with Crippen LogP contribution < -0.4 is 10.1 Å². The molecule has 0 saturated carbocycles. The summed E-state index contributed by atoms with van der Waals surface area (Å²) in [6.07, 6.45) is 1.37. The van der Waals surface area contributed by atoms with E-state index in [4.69, 9.17) is 9.47 Å². The second-order valence-electron chi connectivity index (χ2n) is 4.98. The lowest BCUT2D eigenvalue weighted by molar-refractivity contribution is 0.0629. The highest BCUT2D eigenvalue weighted by Gasteiger charge is 2.33. The number of nitrogens with one attached hydrogen (secondary N) is 1. The predicted molar refractivity (Wildman–Crippen MR) is 80.6 cm³/mol. The van der Waals surface area contributed by atoms with Crippen LogP contribution in [0.1, 0.15) is 31.9 Å². The fourth-order valence-electron chi connectivity index (χ4n) is 2.66. The van der Waals surface area contributed by atoms with E-state index < -0.39 is 0 Å². The van der Waals surface area contributed by atoms with Crippen molar-refractivity contribution >= 4 is 15.9 Å². The third-order valence-corrected chi connectivity index (χ3v) is 4.39. The van der Waals surface area contributed by atoms with E-state index in [0.29, 0.717) is 12.5 Å². The lowest BCUT2D eigenvalue weighted by Gasteiger charge is -2.27. The van der Waals surface area contributed by atoms with Crippen LogP contribution in [-0.4, -0.2) is 26.4 Å². The molecular formula is C15H22BrNO2. The van der Waals surface area contributed by atoms with E-state index in [2.05, 4.69) is 34.2 Å². The molecule has 1 N–H and O–H groups in total. The molecule has 3 atom stereocenters. The Morgan fingerprint density at radius 3 is 2.84 bits per heavy atom. The number of ether oxygens (including phenoxy) is 2. The number of benzene rings is 1. The van der Waals surface area contributed by atoms with E-state index in [1.807, 2.05) is 26.1 Å². The van der Waals surface area contributed by atoms with Gasteiger partial charge in [0.05, 0.1) is 18.8 Å². The second kappa shape index (κ2) is 6.73. The SMILES string of the molecule is CCOc1ccc(C(NC)C2OCCC2C)c(Br)c1. The molecule has 1 aromatic rings. The third kappa shape index (κ3) is 3.30. The lowest BCUT2D eigenvalue weighted by atomic mass is 9.92. The van der Waals surface area contributed by atoms with Crippen molar-refractivity contribution in [2.45, 2.75) is 32.4 Å². The van der Waals surface area contributed by atoms with Gasteiger partial charge in [0.25, 0.3) is 0 Å². The average Bonchev–Trinajstić information content (AvgIpc) is 2.80. The summed E-state index contributed by atoms with van der Waals surface area (Å²) in [6.45, 7) is 5.79. The Bertz CT molecular complexity index is 425. The van der Waals surface area contributed by atoms with E-state index in [9.17, 15) is 0 Å². The normalized spacial score (nSPS) is 24.4. The van der Waals surface area contributed by atoms with Crippen molar-refractivity contribution < 1.29 is 9.47 Å². The van der Waals surface area contributed by atoms with E-state index in [-0.39, 0.29) is 12.1 Å². The maximum absolute atomic E-state index is 5.89. The Balaban J connectivity index is 2.23. The van der Waals surface area contributed by atoms with Gasteiger partial charge in [0.15, 0.2) is 0 Å². The maximum Gasteiger partial charge on any atom is 0.120 e. The third-order valence-electron chi connectivity index (χ3n) is 3.70. The fourth-order valence-corrected chi connectivity index (χ4v) is 3.26. The molecule has 1 aromatic carbocycles. The summed E-state index contributed by atoms with van der Waals surface area (Å²) in [7, 11) is 1.99. The van der Waals surface area contributed by atoms with Gasteiger partial charge in [0, 0.05) is 11.1 Å². The second-order valence-corrected chi connectivity index (χ2v) is 5.84. The molecule has 0 radical (unpaired) electrons. The standard InChI is InChI=1S/C15H22BrNO2/c1-4-18-11-5-6-12(13(16)9-11)14(17-3)15-10(2)7-8-19-15/h5-6,9-10,14-15,17H,4,7-8H2,1-3H3. The zero-order valence-corrected chi connectivity index (χ0v) is 13.4. The molecule has 1 aliphatic heterocycles. The molecule has 3 unspecified atom stereocenters. The highest BCUT2D eigenvalue weighted by Crippen LogP contribution is 2.35. The van der Waals surface area contributed by atoms with Gasteiger partial charge >= 0.3 is 0 Å². The molecule has 1 fully saturated rings. The monoisotopic (exact) mass is 327 g/mol. The summed E-state index contributed by atoms with van der Waals surface area (Å²) in [4.78, 5) is 0. The van der Waals surface area contributed by atoms with Crippen molar-refractivity contribution in [1.29, 1.82) is 0 Å². The van der Waals surface area contributed by atoms with Gasteiger partial charge in [-0.15, -0.1) is 0 Å². The molecule has 19 heavy (non-hydrogen) atoms. The first-order valence-electron chi connectivity index (χ1n) is 6.88. The highest BCUT2D eigenvalue weighted by molar-refractivity contribution is 9.10. The minimum atomic E-state index is 0.211. The molecule has 0 aliphatic carbocycles. The van der Waals surface area contributed by atoms with Gasteiger partial charge in [0.1, 0.15) is 5.75 Å². The van der Waals surface area contributed by atoms with Crippen molar-refractivity contribution in [2.75, 3.05) is 20.3 Å². The zero-order chi connectivity index (χ0) is 13.8. The smallest absolute Gasteiger partial charge is 0.120 e. The first kappa shape index (κ1) is 14.8. The van der Waals surface area contributed by atoms with Crippen LogP contribution in [0.2, 0.25) is 0 Å². The van der Waals surface area contributed by atoms with Crippen LogP contribution in [0, 0.1) is 5.92 Å². The molecule has 3 nitrogen and oxygen atoms in total. The van der Waals surface area contributed by atoms with Crippen LogP contribution in [0.4, 0.5) is 0 Å². The van der Waals surface area contributed by atoms with Crippen molar-refractivity contribution in [3.63, 3.8) is 0 Å². The van der Waals surface area contributed by atoms with Gasteiger partial charge in [-0.25, -0.2) is 0 Å². The minimum Gasteiger partial charge on any atom is -0.494 e. The van der Waals surface area contributed by atoms with E-state index in [1.165, 1.54) is 5.56 Å². The summed E-state index contributed by atoms with van der Waals surface area (Å²) < 4.78 is 12.5. The number of rotatable bonds is 5. The van der Waals surface area contributed by atoms with Crippen LogP contribution in [0.5, 0.6) is 5.75 Å². The molecular weight excluding hydrogens is 306 g/mol. The molecule has 106 valence electrons. The number of hydrogen-bond donors (Lipinski definition) is 1. The molecule has 1 aliphatic rings. The van der Waals surface area contributed by atoms with Crippen LogP contribution >= 0.6 is 15.9 Å². The van der Waals surface area contributed by atoms with Crippen molar-refractivity contribution in [1.82, 2.24) is 5.32 Å². The maximum atomic E-state index is 5.89. The van der Waals surface area contributed by atoms with Crippen LogP contribution in [0.3, 0.4) is 0 Å². The van der Waals surface area contributed by atoms with Gasteiger partial charge in [-0.2, -0.15) is 0 Å². The Morgan fingerprint density at radius 2 is 2.32 bits per heavy atom. The zero-order valence-electron chi connectivity index (χ0n) is 11.8. The molecule has 0 amide bonds. The Kier molecular flexibility index (Phi) is 5.25. The Hall–Kier alpha value is -0.580. The van der Waals surface area contributed by atoms with Gasteiger partial charge in [0.2, 0.25) is 0 Å². The molecule has 0 bridgehead atoms. The van der Waals surface area contributed by atoms with Crippen LogP contribution in [-0.2, 0) is 4.74 Å². The number of halogens is 1. The molecule has 0 spiro atoms. The summed E-state index contributed by atoms with van der Waals surface area (Å²) in [6, 6.07) is 6.38. The van der Waals surface area contributed by atoms with Gasteiger partial charge in [-0.1, -0.05) is 28.9 Å². The average molecular weight is 328 g/mol. The van der Waals surface area contributed by atoms with E-state index >= 15 is 0 Å². The molecule has 4 heteroatoms. The number of hydrogen-bond acceptors (Lipinski definition) is 3. The topological polar surface area (TPSA) is 30.5 Å². The largest absolute Gasteiger partial charge is 0.494 e. The van der Waals surface area contributed by atoms with Gasteiger partial charge in [-0.05, 0) is 44.0 Å². The summed E-state index contributed by atoms with van der Waals surface area (Å²) in [5.74, 6) is 1.48. The van der Waals surface area contributed by atoms with E-state index in [0.717, 1.165) is 23.2 Å². The molecule has 2 rings (SSSR count). The molecule has 1 heterocycles. The van der Waals surface area contributed by atoms with Gasteiger partial charge < -0.3 is 14.8 Å². The van der Waals surface area contributed by atoms with Gasteiger partial charge in [-0.3, -0.25) is 0 Å². The predicted octanol–water partition coefficient (Wildman–Crippen LogP) is 3.53. The first-order valence-corrected chi connectivity index (χ1v) is 7.67. The van der Waals surface area contributed by atoms with Crippen molar-refractivity contribution in [3.8, 4) is 5.75 Å².